The Labute approximate surface area is 219 Å². The molecule has 9 nitrogen and oxygen atoms in total. The van der Waals surface area contributed by atoms with Crippen molar-refractivity contribution in [1.82, 2.24) is 9.97 Å². The Morgan fingerprint density at radius 1 is 1.05 bits per heavy atom. The van der Waals surface area contributed by atoms with Gasteiger partial charge >= 0.3 is 6.03 Å². The number of hydrogen-bond acceptors (Lipinski definition) is 7. The molecule has 0 spiro atoms. The monoisotopic (exact) mass is 516 g/mol. The molecule has 1 aliphatic rings. The van der Waals surface area contributed by atoms with Gasteiger partial charge in [-0.05, 0) is 55.0 Å². The van der Waals surface area contributed by atoms with Crippen LogP contribution in [0.4, 0.5) is 39.3 Å². The highest BCUT2D eigenvalue weighted by atomic mass is 35.5. The van der Waals surface area contributed by atoms with E-state index in [-0.39, 0.29) is 12.6 Å². The smallest absolute Gasteiger partial charge is 0.335 e. The molecule has 0 bridgehead atoms. The summed E-state index contributed by atoms with van der Waals surface area (Å²) in [5, 5.41) is 3.65. The lowest BCUT2D eigenvalue weighted by atomic mass is 10.1. The number of nitrogen functional groups attached to an aromatic ring is 1. The van der Waals surface area contributed by atoms with E-state index in [1.54, 1.807) is 54.6 Å². The Bertz CT molecular complexity index is 1460. The van der Waals surface area contributed by atoms with Crippen molar-refractivity contribution in [3.05, 3.63) is 83.0 Å². The van der Waals surface area contributed by atoms with Crippen molar-refractivity contribution >= 4 is 52.1 Å². The van der Waals surface area contributed by atoms with Gasteiger partial charge in [0.2, 0.25) is 5.95 Å². The maximum Gasteiger partial charge on any atom is 0.335 e. The average Bonchev–Trinajstić information content (AvgIpc) is 2.90. The van der Waals surface area contributed by atoms with Gasteiger partial charge in [-0.25, -0.2) is 14.7 Å². The highest BCUT2D eigenvalue weighted by Crippen LogP contribution is 2.43. The molecule has 3 N–H and O–H groups in total. The second kappa shape index (κ2) is 9.87. The van der Waals surface area contributed by atoms with Crippen molar-refractivity contribution in [2.24, 2.45) is 0 Å². The molecule has 10 heteroatoms. The number of benzene rings is 3. The average molecular weight is 517 g/mol. The van der Waals surface area contributed by atoms with Crippen LogP contribution in [0.15, 0.2) is 66.9 Å². The van der Waals surface area contributed by atoms with Crippen LogP contribution in [0.5, 0.6) is 11.5 Å². The van der Waals surface area contributed by atoms with Crippen LogP contribution in [-0.4, -0.2) is 30.2 Å². The Hall–Kier alpha value is -4.50. The summed E-state index contributed by atoms with van der Waals surface area (Å²) < 4.78 is 11.0. The van der Waals surface area contributed by atoms with Crippen LogP contribution in [-0.2, 0) is 6.54 Å². The second-order valence-corrected chi connectivity index (χ2v) is 8.84. The van der Waals surface area contributed by atoms with Crippen LogP contribution >= 0.6 is 11.6 Å². The van der Waals surface area contributed by atoms with E-state index in [0.717, 1.165) is 16.8 Å². The van der Waals surface area contributed by atoms with Crippen molar-refractivity contribution in [3.8, 4) is 11.5 Å². The molecule has 37 heavy (non-hydrogen) atoms. The summed E-state index contributed by atoms with van der Waals surface area (Å²) in [7, 11) is 3.11. The number of aromatic nitrogens is 2. The van der Waals surface area contributed by atoms with E-state index in [9.17, 15) is 4.79 Å². The van der Waals surface area contributed by atoms with E-state index in [2.05, 4.69) is 10.3 Å². The number of hydrogen-bond donors (Lipinski definition) is 2. The number of nitrogens with one attached hydrogen (secondary N) is 1. The molecule has 0 radical (unpaired) electrons. The van der Waals surface area contributed by atoms with Gasteiger partial charge in [-0.1, -0.05) is 23.7 Å². The number of ether oxygens (including phenoxy) is 2. The first-order valence-corrected chi connectivity index (χ1v) is 11.8. The van der Waals surface area contributed by atoms with E-state index >= 15 is 0 Å². The summed E-state index contributed by atoms with van der Waals surface area (Å²) in [4.78, 5) is 26.5. The number of rotatable bonds is 6. The summed E-state index contributed by atoms with van der Waals surface area (Å²) in [6.07, 6.45) is 1.70. The molecule has 0 aliphatic carbocycles. The number of nitrogens with zero attached hydrogens (tertiary/aromatic N) is 4. The third-order valence-corrected chi connectivity index (χ3v) is 6.36. The topological polar surface area (TPSA) is 106 Å². The van der Waals surface area contributed by atoms with Crippen LogP contribution in [0.25, 0.3) is 0 Å². The van der Waals surface area contributed by atoms with Crippen LogP contribution in [0.2, 0.25) is 5.02 Å². The molecule has 0 saturated carbocycles. The fourth-order valence-electron chi connectivity index (χ4n) is 4.23. The fourth-order valence-corrected chi connectivity index (χ4v) is 4.56. The molecule has 3 aromatic carbocycles. The van der Waals surface area contributed by atoms with Gasteiger partial charge in [-0.15, -0.1) is 0 Å². The molecule has 1 aliphatic heterocycles. The minimum atomic E-state index is -0.329. The third-order valence-electron chi connectivity index (χ3n) is 6.06. The van der Waals surface area contributed by atoms with Crippen molar-refractivity contribution in [2.75, 3.05) is 35.1 Å². The number of methoxy groups -OCH3 is 2. The summed E-state index contributed by atoms with van der Waals surface area (Å²) in [5.74, 6) is 1.80. The van der Waals surface area contributed by atoms with Gasteiger partial charge in [0.15, 0.2) is 5.82 Å². The minimum Gasteiger partial charge on any atom is -0.497 e. The number of carbonyl (C=O) groups is 1. The normalized spacial score (nSPS) is 12.8. The summed E-state index contributed by atoms with van der Waals surface area (Å²) in [6.45, 7) is 2.16. The number of anilines is 6. The van der Waals surface area contributed by atoms with E-state index in [1.165, 1.54) is 12.0 Å². The van der Waals surface area contributed by atoms with Gasteiger partial charge in [0, 0.05) is 29.2 Å². The van der Waals surface area contributed by atoms with Gasteiger partial charge < -0.3 is 20.5 Å². The van der Waals surface area contributed by atoms with Crippen LogP contribution in [0.3, 0.4) is 0 Å². The Balaban J connectivity index is 1.65. The van der Waals surface area contributed by atoms with E-state index < -0.39 is 0 Å². The molecular formula is C27H25ClN6O3. The lowest BCUT2D eigenvalue weighted by molar-refractivity contribution is 0.252. The molecule has 2 amide bonds. The number of halogens is 1. The lowest BCUT2D eigenvalue weighted by Gasteiger charge is -2.37. The third kappa shape index (κ3) is 4.56. The number of amides is 2. The van der Waals surface area contributed by atoms with Crippen molar-refractivity contribution < 1.29 is 14.3 Å². The molecule has 4 aromatic rings. The minimum absolute atomic E-state index is 0.246. The summed E-state index contributed by atoms with van der Waals surface area (Å²) >= 11 is 6.57. The molecule has 0 saturated heterocycles. The van der Waals surface area contributed by atoms with Crippen molar-refractivity contribution in [2.45, 2.75) is 13.5 Å². The quantitative estimate of drug-likeness (QED) is 0.300. The van der Waals surface area contributed by atoms with E-state index in [4.69, 9.17) is 31.8 Å². The molecular weight excluding hydrogens is 492 g/mol. The number of aryl methyl sites for hydroxylation is 1. The van der Waals surface area contributed by atoms with Crippen LogP contribution < -0.4 is 30.3 Å². The SMILES string of the molecule is COc1ccc(N2C(=O)N(c3c(C)cccc3Cl)Cc3cnc(Nc4ccc(N)cc4)nc32)c(OC)c1. The molecule has 1 aromatic heterocycles. The predicted molar refractivity (Wildman–Crippen MR) is 146 cm³/mol. The summed E-state index contributed by atoms with van der Waals surface area (Å²) in [5.41, 5.74) is 9.94. The van der Waals surface area contributed by atoms with Crippen LogP contribution in [0, 0.1) is 6.92 Å². The zero-order valence-corrected chi connectivity index (χ0v) is 21.3. The van der Waals surface area contributed by atoms with Crippen LogP contribution in [0.1, 0.15) is 11.1 Å². The highest BCUT2D eigenvalue weighted by Gasteiger charge is 2.37. The number of para-hydroxylation sites is 1. The maximum absolute atomic E-state index is 14.1. The zero-order valence-electron chi connectivity index (χ0n) is 20.5. The van der Waals surface area contributed by atoms with E-state index in [1.807, 2.05) is 31.2 Å². The van der Waals surface area contributed by atoms with Gasteiger partial charge in [0.05, 0.1) is 37.2 Å². The zero-order chi connectivity index (χ0) is 26.1. The number of carbonyl (C=O) groups excluding carboxylic acids is 1. The Morgan fingerprint density at radius 3 is 2.54 bits per heavy atom. The molecule has 188 valence electrons. The van der Waals surface area contributed by atoms with Gasteiger partial charge in [0.1, 0.15) is 11.5 Å². The van der Waals surface area contributed by atoms with Crippen molar-refractivity contribution in [1.29, 1.82) is 0 Å². The number of fused-ring (bicyclic) bond motifs is 1. The first-order chi connectivity index (χ1) is 17.9. The fraction of sp³-hybridized carbons (Fsp3) is 0.148. The largest absolute Gasteiger partial charge is 0.497 e. The molecule has 5 rings (SSSR count). The molecule has 0 atom stereocenters. The van der Waals surface area contributed by atoms with Crippen molar-refractivity contribution in [3.63, 3.8) is 0 Å². The Morgan fingerprint density at radius 2 is 1.84 bits per heavy atom. The second-order valence-electron chi connectivity index (χ2n) is 8.44. The lowest BCUT2D eigenvalue weighted by Crippen LogP contribution is -2.46. The standard InChI is InChI=1S/C27H25ClN6O3/c1-16-5-4-6-21(28)24(16)33-15-17-14-30-26(31-19-9-7-18(29)8-10-19)32-25(17)34(27(33)35)22-12-11-20(36-2)13-23(22)37-3/h4-14H,15,29H2,1-3H3,(H,30,31,32). The number of urea groups is 1. The molecule has 0 unspecified atom stereocenters. The highest BCUT2D eigenvalue weighted by molar-refractivity contribution is 6.34. The van der Waals surface area contributed by atoms with Gasteiger partial charge in [-0.2, -0.15) is 4.98 Å². The van der Waals surface area contributed by atoms with Gasteiger partial charge in [0.25, 0.3) is 0 Å². The van der Waals surface area contributed by atoms with E-state index in [0.29, 0.717) is 45.4 Å². The van der Waals surface area contributed by atoms with Gasteiger partial charge in [-0.3, -0.25) is 4.90 Å². The molecule has 0 fully saturated rings. The first-order valence-electron chi connectivity index (χ1n) is 11.5. The maximum atomic E-state index is 14.1. The Kier molecular flexibility index (Phi) is 6.45. The first kappa shape index (κ1) is 24.2. The molecule has 2 heterocycles. The predicted octanol–water partition coefficient (Wildman–Crippen LogP) is 6.06. The number of nitrogens with two attached hydrogens (primary N) is 1. The summed E-state index contributed by atoms with van der Waals surface area (Å²) in [6, 6.07) is 17.7.